The van der Waals surface area contributed by atoms with Gasteiger partial charge >= 0.3 is 0 Å². The number of aryl methyl sites for hydroxylation is 1. The van der Waals surface area contributed by atoms with Gasteiger partial charge in [0.25, 0.3) is 0 Å². The van der Waals surface area contributed by atoms with E-state index in [4.69, 9.17) is 0 Å². The number of hydrogen-bond acceptors (Lipinski definition) is 2. The van der Waals surface area contributed by atoms with Crippen LogP contribution in [0.15, 0.2) is 30.3 Å². The predicted octanol–water partition coefficient (Wildman–Crippen LogP) is 2.70. The first-order valence-corrected chi connectivity index (χ1v) is 5.17. The van der Waals surface area contributed by atoms with Crippen LogP contribution in [0.5, 0.6) is 0 Å². The molecule has 3 heteroatoms. The minimum atomic E-state index is 0.381. The minimum Gasteiger partial charge on any atom is -0.217 e. The molecule has 0 fully saturated rings. The molecule has 0 saturated carbocycles. The Morgan fingerprint density at radius 3 is 2.40 bits per heavy atom. The van der Waals surface area contributed by atoms with Crippen molar-refractivity contribution in [3.63, 3.8) is 0 Å². The summed E-state index contributed by atoms with van der Waals surface area (Å²) in [6, 6.07) is 10.1. The van der Waals surface area contributed by atoms with Crippen molar-refractivity contribution in [2.45, 2.75) is 26.7 Å². The Labute approximate surface area is 89.8 Å². The molecule has 0 radical (unpaired) electrons. The molecule has 0 bridgehead atoms. The molecule has 0 saturated heterocycles. The zero-order chi connectivity index (χ0) is 10.8. The summed E-state index contributed by atoms with van der Waals surface area (Å²) in [4.78, 5) is 4.44. The molecule has 0 aliphatic carbocycles. The van der Waals surface area contributed by atoms with Crippen molar-refractivity contribution in [3.8, 4) is 5.69 Å². The lowest BCUT2D eigenvalue weighted by atomic mass is 10.2. The van der Waals surface area contributed by atoms with Crippen molar-refractivity contribution < 1.29 is 0 Å². The van der Waals surface area contributed by atoms with Gasteiger partial charge in [-0.25, -0.2) is 9.67 Å². The number of hydrogen-bond donors (Lipinski definition) is 0. The van der Waals surface area contributed by atoms with Gasteiger partial charge in [-0.15, -0.1) is 0 Å². The molecule has 2 rings (SSSR count). The van der Waals surface area contributed by atoms with Gasteiger partial charge in [-0.3, -0.25) is 0 Å². The first kappa shape index (κ1) is 9.90. The fourth-order valence-electron chi connectivity index (χ4n) is 1.56. The Balaban J connectivity index is 2.53. The van der Waals surface area contributed by atoms with Gasteiger partial charge in [0.15, 0.2) is 0 Å². The summed E-state index contributed by atoms with van der Waals surface area (Å²) in [6.45, 7) is 6.18. The summed E-state index contributed by atoms with van der Waals surface area (Å²) in [6.07, 6.45) is 0. The van der Waals surface area contributed by atoms with E-state index in [2.05, 4.69) is 23.9 Å². The van der Waals surface area contributed by atoms with Gasteiger partial charge in [-0.1, -0.05) is 32.0 Å². The van der Waals surface area contributed by atoms with Gasteiger partial charge in [0, 0.05) is 5.92 Å². The first-order chi connectivity index (χ1) is 7.18. The Hall–Kier alpha value is -1.64. The summed E-state index contributed by atoms with van der Waals surface area (Å²) in [5.41, 5.74) is 1.07. The largest absolute Gasteiger partial charge is 0.217 e. The predicted molar refractivity (Wildman–Crippen MR) is 60.2 cm³/mol. The summed E-state index contributed by atoms with van der Waals surface area (Å²) in [5.74, 6) is 2.22. The lowest BCUT2D eigenvalue weighted by molar-refractivity contribution is 0.713. The van der Waals surface area contributed by atoms with E-state index in [1.165, 1.54) is 0 Å². The number of nitrogens with zero attached hydrogens (tertiary/aromatic N) is 3. The lowest BCUT2D eigenvalue weighted by Crippen LogP contribution is -2.04. The Bertz CT molecular complexity index is 443. The van der Waals surface area contributed by atoms with Crippen LogP contribution in [0.3, 0.4) is 0 Å². The average Bonchev–Trinajstić information content (AvgIpc) is 2.62. The van der Waals surface area contributed by atoms with Gasteiger partial charge < -0.3 is 0 Å². The second kappa shape index (κ2) is 3.85. The molecule has 1 aromatic heterocycles. The molecule has 3 nitrogen and oxygen atoms in total. The minimum absolute atomic E-state index is 0.381. The van der Waals surface area contributed by atoms with Crippen molar-refractivity contribution in [2.75, 3.05) is 0 Å². The summed E-state index contributed by atoms with van der Waals surface area (Å²) >= 11 is 0. The number of para-hydroxylation sites is 1. The second-order valence-electron chi connectivity index (χ2n) is 3.92. The zero-order valence-electron chi connectivity index (χ0n) is 9.31. The molecule has 1 heterocycles. The van der Waals surface area contributed by atoms with Crippen LogP contribution in [0.4, 0.5) is 0 Å². The van der Waals surface area contributed by atoms with Crippen LogP contribution in [-0.2, 0) is 0 Å². The SMILES string of the molecule is Cc1nc(C(C)C)n(-c2ccccc2)n1. The Morgan fingerprint density at radius 1 is 1.13 bits per heavy atom. The molecule has 0 N–H and O–H groups in total. The maximum Gasteiger partial charge on any atom is 0.148 e. The van der Waals surface area contributed by atoms with Crippen LogP contribution in [0.2, 0.25) is 0 Å². The Morgan fingerprint density at radius 2 is 1.80 bits per heavy atom. The van der Waals surface area contributed by atoms with E-state index in [1.807, 2.05) is 41.9 Å². The third-order valence-corrected chi connectivity index (χ3v) is 2.26. The first-order valence-electron chi connectivity index (χ1n) is 5.17. The molecule has 0 spiro atoms. The second-order valence-corrected chi connectivity index (χ2v) is 3.92. The summed E-state index contributed by atoms with van der Waals surface area (Å²) in [5, 5.41) is 4.41. The molecule has 2 aromatic rings. The van der Waals surface area contributed by atoms with Gasteiger partial charge in [0.2, 0.25) is 0 Å². The van der Waals surface area contributed by atoms with Gasteiger partial charge in [0.1, 0.15) is 11.6 Å². The van der Waals surface area contributed by atoms with Crippen LogP contribution in [0.25, 0.3) is 5.69 Å². The van der Waals surface area contributed by atoms with E-state index in [9.17, 15) is 0 Å². The van der Waals surface area contributed by atoms with E-state index < -0.39 is 0 Å². The van der Waals surface area contributed by atoms with Gasteiger partial charge in [0.05, 0.1) is 5.69 Å². The normalized spacial score (nSPS) is 10.9. The molecule has 15 heavy (non-hydrogen) atoms. The van der Waals surface area contributed by atoms with Crippen LogP contribution in [0, 0.1) is 6.92 Å². The van der Waals surface area contributed by atoms with E-state index in [1.54, 1.807) is 0 Å². The standard InChI is InChI=1S/C12H15N3/c1-9(2)12-13-10(3)14-15(12)11-7-5-4-6-8-11/h4-9H,1-3H3. The molecule has 0 aliphatic heterocycles. The number of benzene rings is 1. The van der Waals surface area contributed by atoms with Crippen molar-refractivity contribution in [1.29, 1.82) is 0 Å². The topological polar surface area (TPSA) is 30.7 Å². The molecular weight excluding hydrogens is 186 g/mol. The lowest BCUT2D eigenvalue weighted by Gasteiger charge is -2.07. The molecule has 0 unspecified atom stereocenters. The summed E-state index contributed by atoms with van der Waals surface area (Å²) in [7, 11) is 0. The third kappa shape index (κ3) is 1.91. The van der Waals surface area contributed by atoms with Crippen LogP contribution in [0.1, 0.15) is 31.4 Å². The molecule has 78 valence electrons. The molecule has 1 aromatic carbocycles. The van der Waals surface area contributed by atoms with Gasteiger partial charge in [-0.2, -0.15) is 5.10 Å². The highest BCUT2D eigenvalue weighted by Crippen LogP contribution is 2.16. The maximum absolute atomic E-state index is 4.44. The Kier molecular flexibility index (Phi) is 2.54. The maximum atomic E-state index is 4.44. The molecule has 0 aliphatic rings. The van der Waals surface area contributed by atoms with E-state index in [-0.39, 0.29) is 0 Å². The van der Waals surface area contributed by atoms with Gasteiger partial charge in [-0.05, 0) is 19.1 Å². The molecule has 0 amide bonds. The zero-order valence-corrected chi connectivity index (χ0v) is 9.31. The van der Waals surface area contributed by atoms with Crippen molar-refractivity contribution in [2.24, 2.45) is 0 Å². The fraction of sp³-hybridized carbons (Fsp3) is 0.333. The van der Waals surface area contributed by atoms with E-state index in [0.29, 0.717) is 5.92 Å². The highest BCUT2D eigenvalue weighted by Gasteiger charge is 2.11. The number of rotatable bonds is 2. The monoisotopic (exact) mass is 201 g/mol. The van der Waals surface area contributed by atoms with Crippen LogP contribution < -0.4 is 0 Å². The smallest absolute Gasteiger partial charge is 0.148 e. The molecule has 0 atom stereocenters. The number of aromatic nitrogens is 3. The quantitative estimate of drug-likeness (QED) is 0.748. The highest BCUT2D eigenvalue weighted by molar-refractivity contribution is 5.31. The third-order valence-electron chi connectivity index (χ3n) is 2.26. The van der Waals surface area contributed by atoms with Crippen LogP contribution >= 0.6 is 0 Å². The average molecular weight is 201 g/mol. The summed E-state index contributed by atoms with van der Waals surface area (Å²) < 4.78 is 1.92. The van der Waals surface area contributed by atoms with E-state index >= 15 is 0 Å². The van der Waals surface area contributed by atoms with Crippen LogP contribution in [-0.4, -0.2) is 14.8 Å². The highest BCUT2D eigenvalue weighted by atomic mass is 15.3. The van der Waals surface area contributed by atoms with Crippen molar-refractivity contribution >= 4 is 0 Å². The molecular formula is C12H15N3. The fourth-order valence-corrected chi connectivity index (χ4v) is 1.56. The van der Waals surface area contributed by atoms with Crippen molar-refractivity contribution in [3.05, 3.63) is 42.0 Å². The van der Waals surface area contributed by atoms with E-state index in [0.717, 1.165) is 17.3 Å². The van der Waals surface area contributed by atoms with Crippen molar-refractivity contribution in [1.82, 2.24) is 14.8 Å².